The molecule has 1 aliphatic carbocycles. The van der Waals surface area contributed by atoms with Crippen molar-refractivity contribution in [3.8, 4) is 0 Å². The number of methoxy groups -OCH3 is 1. The monoisotopic (exact) mass is 382 g/mol. The molecule has 0 atom stereocenters. The standard InChI is InChI=1S/C16H19BrN2O2S/c1-21-9-8-19-13-7-6-12(17)10-14(13)22-16(19)18-15(20)11-4-2-3-5-11/h6-7,10-11H,2-5,8-9H2,1H3. The Hall–Kier alpha value is -0.980. The Balaban J connectivity index is 2.04. The molecule has 1 aliphatic rings. The summed E-state index contributed by atoms with van der Waals surface area (Å²) in [6.07, 6.45) is 4.26. The lowest BCUT2D eigenvalue weighted by atomic mass is 10.1. The number of nitrogens with zero attached hydrogens (tertiary/aromatic N) is 2. The summed E-state index contributed by atoms with van der Waals surface area (Å²) in [5, 5.41) is 0. The average Bonchev–Trinajstić information content (AvgIpc) is 3.12. The first-order chi connectivity index (χ1) is 10.7. The zero-order valence-electron chi connectivity index (χ0n) is 12.5. The number of amides is 1. The van der Waals surface area contributed by atoms with Gasteiger partial charge in [0, 0.05) is 24.0 Å². The van der Waals surface area contributed by atoms with E-state index < -0.39 is 0 Å². The maximum Gasteiger partial charge on any atom is 0.251 e. The van der Waals surface area contributed by atoms with Crippen molar-refractivity contribution < 1.29 is 9.53 Å². The van der Waals surface area contributed by atoms with E-state index in [-0.39, 0.29) is 11.8 Å². The summed E-state index contributed by atoms with van der Waals surface area (Å²) in [5.41, 5.74) is 1.10. The van der Waals surface area contributed by atoms with E-state index in [4.69, 9.17) is 4.74 Å². The van der Waals surface area contributed by atoms with Gasteiger partial charge in [-0.1, -0.05) is 40.1 Å². The zero-order valence-corrected chi connectivity index (χ0v) is 15.0. The molecular formula is C16H19BrN2O2S. The van der Waals surface area contributed by atoms with Crippen LogP contribution < -0.4 is 4.80 Å². The molecule has 0 N–H and O–H groups in total. The second kappa shape index (κ2) is 7.06. The molecule has 1 heterocycles. The Bertz CT molecular complexity index is 744. The van der Waals surface area contributed by atoms with Crippen LogP contribution in [0.4, 0.5) is 0 Å². The molecule has 6 heteroatoms. The highest BCUT2D eigenvalue weighted by molar-refractivity contribution is 9.10. The lowest BCUT2D eigenvalue weighted by molar-refractivity contribution is -0.121. The van der Waals surface area contributed by atoms with Crippen molar-refractivity contribution in [3.05, 3.63) is 27.5 Å². The summed E-state index contributed by atoms with van der Waals surface area (Å²) in [4.78, 5) is 17.6. The molecule has 1 fully saturated rings. The van der Waals surface area contributed by atoms with Gasteiger partial charge in [-0.2, -0.15) is 4.99 Å². The van der Waals surface area contributed by atoms with Gasteiger partial charge in [0.2, 0.25) is 0 Å². The third-order valence-corrected chi connectivity index (χ3v) is 5.61. The topological polar surface area (TPSA) is 43.6 Å². The van der Waals surface area contributed by atoms with Crippen molar-refractivity contribution in [3.63, 3.8) is 0 Å². The first-order valence-electron chi connectivity index (χ1n) is 7.55. The molecule has 0 radical (unpaired) electrons. The molecule has 1 amide bonds. The lowest BCUT2D eigenvalue weighted by Crippen LogP contribution is -2.21. The molecule has 0 saturated heterocycles. The number of benzene rings is 1. The molecule has 1 aromatic heterocycles. The van der Waals surface area contributed by atoms with Crippen molar-refractivity contribution >= 4 is 43.4 Å². The number of halogens is 1. The van der Waals surface area contributed by atoms with Gasteiger partial charge in [-0.25, -0.2) is 0 Å². The summed E-state index contributed by atoms with van der Waals surface area (Å²) in [7, 11) is 1.69. The van der Waals surface area contributed by atoms with Crippen LogP contribution in [0, 0.1) is 5.92 Å². The van der Waals surface area contributed by atoms with Crippen LogP contribution in [0.15, 0.2) is 27.7 Å². The van der Waals surface area contributed by atoms with Crippen LogP contribution >= 0.6 is 27.3 Å². The van der Waals surface area contributed by atoms with E-state index >= 15 is 0 Å². The quantitative estimate of drug-likeness (QED) is 0.808. The molecule has 22 heavy (non-hydrogen) atoms. The van der Waals surface area contributed by atoms with Crippen molar-refractivity contribution in [1.29, 1.82) is 0 Å². The number of rotatable bonds is 4. The largest absolute Gasteiger partial charge is 0.383 e. The fraction of sp³-hybridized carbons (Fsp3) is 0.500. The van der Waals surface area contributed by atoms with E-state index in [0.29, 0.717) is 13.2 Å². The normalized spacial score (nSPS) is 16.7. The second-order valence-electron chi connectivity index (χ2n) is 5.57. The summed E-state index contributed by atoms with van der Waals surface area (Å²) in [6, 6.07) is 6.15. The molecule has 0 unspecified atom stereocenters. The van der Waals surface area contributed by atoms with Gasteiger partial charge in [0.25, 0.3) is 5.91 Å². The average molecular weight is 383 g/mol. The number of fused-ring (bicyclic) bond motifs is 1. The molecule has 4 nitrogen and oxygen atoms in total. The number of carbonyl (C=O) groups is 1. The number of carbonyl (C=O) groups excluding carboxylic acids is 1. The van der Waals surface area contributed by atoms with Gasteiger partial charge in [-0.3, -0.25) is 4.79 Å². The van der Waals surface area contributed by atoms with Crippen LogP contribution in [0.5, 0.6) is 0 Å². The highest BCUT2D eigenvalue weighted by Gasteiger charge is 2.22. The summed E-state index contributed by atoms with van der Waals surface area (Å²) < 4.78 is 9.45. The van der Waals surface area contributed by atoms with Gasteiger partial charge in [-0.15, -0.1) is 0 Å². The fourth-order valence-corrected chi connectivity index (χ4v) is 4.50. The van der Waals surface area contributed by atoms with Crippen LogP contribution in [-0.2, 0) is 16.1 Å². The predicted octanol–water partition coefficient (Wildman–Crippen LogP) is 3.73. The van der Waals surface area contributed by atoms with Crippen LogP contribution in [0.25, 0.3) is 10.2 Å². The lowest BCUT2D eigenvalue weighted by Gasteiger charge is -2.05. The Morgan fingerprint density at radius 1 is 1.45 bits per heavy atom. The Kier molecular flexibility index (Phi) is 5.10. The first kappa shape index (κ1) is 15.9. The van der Waals surface area contributed by atoms with E-state index in [1.165, 1.54) is 0 Å². The Morgan fingerprint density at radius 2 is 2.23 bits per heavy atom. The minimum Gasteiger partial charge on any atom is -0.383 e. The van der Waals surface area contributed by atoms with Gasteiger partial charge >= 0.3 is 0 Å². The van der Waals surface area contributed by atoms with Crippen LogP contribution in [0.3, 0.4) is 0 Å². The van der Waals surface area contributed by atoms with Gasteiger partial charge in [0.1, 0.15) is 0 Å². The van der Waals surface area contributed by atoms with Crippen LogP contribution in [0.1, 0.15) is 25.7 Å². The molecule has 1 saturated carbocycles. The van der Waals surface area contributed by atoms with E-state index in [1.54, 1.807) is 18.4 Å². The zero-order chi connectivity index (χ0) is 15.5. The molecule has 0 bridgehead atoms. The van der Waals surface area contributed by atoms with Crippen LogP contribution in [-0.4, -0.2) is 24.2 Å². The summed E-state index contributed by atoms with van der Waals surface area (Å²) in [5.74, 6) is 0.155. The summed E-state index contributed by atoms with van der Waals surface area (Å²) >= 11 is 5.06. The minimum absolute atomic E-state index is 0.0364. The summed E-state index contributed by atoms with van der Waals surface area (Å²) in [6.45, 7) is 1.31. The number of ether oxygens (including phenoxy) is 1. The predicted molar refractivity (Wildman–Crippen MR) is 91.9 cm³/mol. The smallest absolute Gasteiger partial charge is 0.251 e. The van der Waals surface area contributed by atoms with Crippen LogP contribution in [0.2, 0.25) is 0 Å². The molecular weight excluding hydrogens is 364 g/mol. The highest BCUT2D eigenvalue weighted by atomic mass is 79.9. The Morgan fingerprint density at radius 3 is 2.95 bits per heavy atom. The number of hydrogen-bond acceptors (Lipinski definition) is 3. The molecule has 2 aromatic rings. The van der Waals surface area contributed by atoms with Gasteiger partial charge in [0.05, 0.1) is 16.8 Å². The minimum atomic E-state index is 0.0364. The molecule has 1 aromatic carbocycles. The van der Waals surface area contributed by atoms with Crippen molar-refractivity contribution in [2.24, 2.45) is 10.9 Å². The molecule has 3 rings (SSSR count). The molecule has 118 valence electrons. The third kappa shape index (κ3) is 3.34. The number of thiazole rings is 1. The van der Waals surface area contributed by atoms with Gasteiger partial charge in [-0.05, 0) is 31.0 Å². The first-order valence-corrected chi connectivity index (χ1v) is 9.16. The van der Waals surface area contributed by atoms with E-state index in [2.05, 4.69) is 37.6 Å². The maximum absolute atomic E-state index is 12.4. The number of hydrogen-bond donors (Lipinski definition) is 0. The van der Waals surface area contributed by atoms with Gasteiger partial charge in [0.15, 0.2) is 4.80 Å². The van der Waals surface area contributed by atoms with E-state index in [1.807, 2.05) is 6.07 Å². The maximum atomic E-state index is 12.4. The van der Waals surface area contributed by atoms with Crippen molar-refractivity contribution in [2.45, 2.75) is 32.2 Å². The Labute approximate surface area is 141 Å². The highest BCUT2D eigenvalue weighted by Crippen LogP contribution is 2.26. The van der Waals surface area contributed by atoms with Gasteiger partial charge < -0.3 is 9.30 Å². The number of aromatic nitrogens is 1. The second-order valence-corrected chi connectivity index (χ2v) is 7.50. The van der Waals surface area contributed by atoms with Crippen molar-refractivity contribution in [1.82, 2.24) is 4.57 Å². The third-order valence-electron chi connectivity index (χ3n) is 4.07. The SMILES string of the molecule is COCCn1c(=NC(=O)C2CCCC2)sc2cc(Br)ccc21. The molecule has 0 spiro atoms. The van der Waals surface area contributed by atoms with Crippen molar-refractivity contribution in [2.75, 3.05) is 13.7 Å². The fourth-order valence-electron chi connectivity index (χ4n) is 2.89. The van der Waals surface area contributed by atoms with E-state index in [9.17, 15) is 4.79 Å². The molecule has 0 aliphatic heterocycles. The van der Waals surface area contributed by atoms with E-state index in [0.717, 1.165) is 45.2 Å².